The van der Waals surface area contributed by atoms with Crippen LogP contribution in [0.2, 0.25) is 0 Å². The summed E-state index contributed by atoms with van der Waals surface area (Å²) in [5, 5.41) is 8.92. The lowest BCUT2D eigenvalue weighted by Crippen LogP contribution is -2.11. The van der Waals surface area contributed by atoms with E-state index in [0.717, 1.165) is 16.9 Å². The first-order valence-corrected chi connectivity index (χ1v) is 4.79. The average molecular weight is 204 g/mol. The van der Waals surface area contributed by atoms with Gasteiger partial charge >= 0.3 is 5.97 Å². The summed E-state index contributed by atoms with van der Waals surface area (Å²) in [5.74, 6) is -0.0640. The average Bonchev–Trinajstić information content (AvgIpc) is 2.27. The molecule has 1 aromatic carbocycles. The van der Waals surface area contributed by atoms with Crippen LogP contribution in [0.1, 0.15) is 11.1 Å². The number of methoxy groups -OCH3 is 1. The van der Waals surface area contributed by atoms with E-state index in [2.05, 4.69) is 0 Å². The molecule has 1 aliphatic rings. The Morgan fingerprint density at radius 1 is 1.47 bits per heavy atom. The van der Waals surface area contributed by atoms with E-state index < -0.39 is 5.97 Å². The normalized spacial score (nSPS) is 14.1. The SMILES string of the molecule is COc1cccc2c1CC(C(=O)O)=CC2. The molecule has 2 rings (SSSR count). The highest BCUT2D eigenvalue weighted by atomic mass is 16.5. The molecule has 0 unspecified atom stereocenters. The van der Waals surface area contributed by atoms with Gasteiger partial charge < -0.3 is 9.84 Å². The molecule has 0 saturated heterocycles. The zero-order chi connectivity index (χ0) is 10.8. The molecule has 0 radical (unpaired) electrons. The van der Waals surface area contributed by atoms with Crippen LogP contribution in [0.3, 0.4) is 0 Å². The lowest BCUT2D eigenvalue weighted by atomic mass is 9.91. The van der Waals surface area contributed by atoms with Crippen LogP contribution >= 0.6 is 0 Å². The van der Waals surface area contributed by atoms with Gasteiger partial charge in [-0.05, 0) is 18.1 Å². The molecule has 0 amide bonds. The predicted molar refractivity (Wildman–Crippen MR) is 56.1 cm³/mol. The maximum atomic E-state index is 10.9. The highest BCUT2D eigenvalue weighted by Gasteiger charge is 2.18. The van der Waals surface area contributed by atoms with Gasteiger partial charge in [0, 0.05) is 17.6 Å². The van der Waals surface area contributed by atoms with Crippen molar-refractivity contribution >= 4 is 5.97 Å². The number of aliphatic carboxylic acids is 1. The number of ether oxygens (including phenoxy) is 1. The van der Waals surface area contributed by atoms with Gasteiger partial charge in [-0.25, -0.2) is 4.79 Å². The third-order valence-electron chi connectivity index (χ3n) is 2.66. The standard InChI is InChI=1S/C12H12O3/c1-15-11-4-2-3-8-5-6-9(12(13)14)7-10(8)11/h2-4,6H,5,7H2,1H3,(H,13,14). The van der Waals surface area contributed by atoms with Crippen molar-refractivity contribution in [1.82, 2.24) is 0 Å². The van der Waals surface area contributed by atoms with Gasteiger partial charge in [-0.3, -0.25) is 0 Å². The monoisotopic (exact) mass is 204 g/mol. The van der Waals surface area contributed by atoms with Gasteiger partial charge in [0.15, 0.2) is 0 Å². The summed E-state index contributed by atoms with van der Waals surface area (Å²) in [7, 11) is 1.61. The second-order valence-corrected chi connectivity index (χ2v) is 3.51. The fourth-order valence-electron chi connectivity index (χ4n) is 1.85. The molecule has 0 atom stereocenters. The second kappa shape index (κ2) is 3.77. The van der Waals surface area contributed by atoms with E-state index in [1.54, 1.807) is 13.2 Å². The number of hydrogen-bond acceptors (Lipinski definition) is 2. The minimum Gasteiger partial charge on any atom is -0.496 e. The zero-order valence-corrected chi connectivity index (χ0v) is 8.49. The summed E-state index contributed by atoms with van der Waals surface area (Å²) in [6.45, 7) is 0. The van der Waals surface area contributed by atoms with Crippen molar-refractivity contribution in [3.05, 3.63) is 41.0 Å². The Morgan fingerprint density at radius 3 is 2.93 bits per heavy atom. The van der Waals surface area contributed by atoms with Crippen molar-refractivity contribution in [2.24, 2.45) is 0 Å². The fraction of sp³-hybridized carbons (Fsp3) is 0.250. The number of fused-ring (bicyclic) bond motifs is 1. The maximum Gasteiger partial charge on any atom is 0.331 e. The Labute approximate surface area is 88.0 Å². The van der Waals surface area contributed by atoms with Gasteiger partial charge in [0.05, 0.1) is 7.11 Å². The summed E-state index contributed by atoms with van der Waals surface area (Å²) >= 11 is 0. The Bertz CT molecular complexity index is 432. The third-order valence-corrected chi connectivity index (χ3v) is 2.66. The minimum absolute atomic E-state index is 0.451. The Hall–Kier alpha value is -1.77. The minimum atomic E-state index is -0.841. The molecule has 0 heterocycles. The Morgan fingerprint density at radius 2 is 2.27 bits per heavy atom. The molecule has 3 heteroatoms. The van der Waals surface area contributed by atoms with Crippen LogP contribution in [-0.2, 0) is 17.6 Å². The maximum absolute atomic E-state index is 10.9. The Balaban J connectivity index is 2.40. The number of carboxylic acids is 1. The van der Waals surface area contributed by atoms with Crippen LogP contribution in [-0.4, -0.2) is 18.2 Å². The largest absolute Gasteiger partial charge is 0.496 e. The molecule has 0 fully saturated rings. The number of hydrogen-bond donors (Lipinski definition) is 1. The van der Waals surface area contributed by atoms with E-state index in [4.69, 9.17) is 9.84 Å². The van der Waals surface area contributed by atoms with Crippen molar-refractivity contribution in [2.75, 3.05) is 7.11 Å². The van der Waals surface area contributed by atoms with Crippen LogP contribution in [0.4, 0.5) is 0 Å². The smallest absolute Gasteiger partial charge is 0.331 e. The van der Waals surface area contributed by atoms with Crippen molar-refractivity contribution in [2.45, 2.75) is 12.8 Å². The first kappa shape index (κ1) is 9.77. The molecule has 1 N–H and O–H groups in total. The highest BCUT2D eigenvalue weighted by molar-refractivity contribution is 5.88. The highest BCUT2D eigenvalue weighted by Crippen LogP contribution is 2.29. The van der Waals surface area contributed by atoms with Gasteiger partial charge in [-0.15, -0.1) is 0 Å². The van der Waals surface area contributed by atoms with E-state index in [1.807, 2.05) is 18.2 Å². The predicted octanol–water partition coefficient (Wildman–Crippen LogP) is 1.80. The molecule has 1 aromatic rings. The molecule has 0 aliphatic heterocycles. The first-order valence-electron chi connectivity index (χ1n) is 4.79. The number of carbonyl (C=O) groups is 1. The zero-order valence-electron chi connectivity index (χ0n) is 8.49. The molecule has 0 aromatic heterocycles. The molecular weight excluding hydrogens is 192 g/mol. The number of rotatable bonds is 2. The molecule has 1 aliphatic carbocycles. The van der Waals surface area contributed by atoms with E-state index in [0.29, 0.717) is 18.4 Å². The van der Waals surface area contributed by atoms with Crippen LogP contribution < -0.4 is 4.74 Å². The van der Waals surface area contributed by atoms with Crippen LogP contribution in [0.25, 0.3) is 0 Å². The number of carboxylic acid groups (broad SMARTS) is 1. The summed E-state index contributed by atoms with van der Waals surface area (Å²) in [6, 6.07) is 5.80. The molecule has 78 valence electrons. The summed E-state index contributed by atoms with van der Waals surface area (Å²) in [5.41, 5.74) is 2.60. The molecule has 0 saturated carbocycles. The van der Waals surface area contributed by atoms with Crippen LogP contribution in [0, 0.1) is 0 Å². The van der Waals surface area contributed by atoms with Gasteiger partial charge in [0.25, 0.3) is 0 Å². The third kappa shape index (κ3) is 1.73. The van der Waals surface area contributed by atoms with E-state index in [-0.39, 0.29) is 0 Å². The summed E-state index contributed by atoms with van der Waals surface area (Å²) < 4.78 is 5.22. The van der Waals surface area contributed by atoms with Crippen molar-refractivity contribution < 1.29 is 14.6 Å². The topological polar surface area (TPSA) is 46.5 Å². The van der Waals surface area contributed by atoms with Gasteiger partial charge in [0.2, 0.25) is 0 Å². The molecule has 0 spiro atoms. The molecule has 3 nitrogen and oxygen atoms in total. The number of benzene rings is 1. The van der Waals surface area contributed by atoms with E-state index in [9.17, 15) is 4.79 Å². The summed E-state index contributed by atoms with van der Waals surface area (Å²) in [6.07, 6.45) is 2.90. The molecular formula is C12H12O3. The van der Waals surface area contributed by atoms with Gasteiger partial charge in [-0.1, -0.05) is 18.2 Å². The van der Waals surface area contributed by atoms with Gasteiger partial charge in [-0.2, -0.15) is 0 Å². The lowest BCUT2D eigenvalue weighted by molar-refractivity contribution is -0.132. The summed E-state index contributed by atoms with van der Waals surface area (Å²) in [4.78, 5) is 10.9. The van der Waals surface area contributed by atoms with E-state index in [1.165, 1.54) is 0 Å². The van der Waals surface area contributed by atoms with Crippen molar-refractivity contribution in [3.8, 4) is 5.75 Å². The Kier molecular flexibility index (Phi) is 2.46. The quantitative estimate of drug-likeness (QED) is 0.799. The molecule has 0 bridgehead atoms. The fourth-order valence-corrected chi connectivity index (χ4v) is 1.85. The van der Waals surface area contributed by atoms with Gasteiger partial charge in [0.1, 0.15) is 5.75 Å². The van der Waals surface area contributed by atoms with Crippen LogP contribution in [0.5, 0.6) is 5.75 Å². The van der Waals surface area contributed by atoms with E-state index >= 15 is 0 Å². The van der Waals surface area contributed by atoms with Crippen molar-refractivity contribution in [3.63, 3.8) is 0 Å². The lowest BCUT2D eigenvalue weighted by Gasteiger charge is -2.17. The number of allylic oxidation sites excluding steroid dienone is 1. The van der Waals surface area contributed by atoms with Crippen LogP contribution in [0.15, 0.2) is 29.8 Å². The first-order chi connectivity index (χ1) is 7.22. The molecule has 15 heavy (non-hydrogen) atoms. The van der Waals surface area contributed by atoms with Crippen molar-refractivity contribution in [1.29, 1.82) is 0 Å². The second-order valence-electron chi connectivity index (χ2n) is 3.51.